The number of aromatic hydroxyl groups is 3. The zero-order chi connectivity index (χ0) is 16.8. The van der Waals surface area contributed by atoms with Crippen LogP contribution in [0.25, 0.3) is 0 Å². The molecule has 0 radical (unpaired) electrons. The van der Waals surface area contributed by atoms with E-state index >= 15 is 0 Å². The van der Waals surface area contributed by atoms with Gasteiger partial charge in [-0.25, -0.2) is 0 Å². The van der Waals surface area contributed by atoms with Crippen LogP contribution < -0.4 is 0 Å². The molecule has 2 aromatic carbocycles. The molecule has 17 heavy (non-hydrogen) atoms. The summed E-state index contributed by atoms with van der Waals surface area (Å²) < 4.78 is 37.9. The number of carbonyl (C=O) groups is 1. The SMILES string of the molecule is [2H]c1c([2H])c([2H])c(C(=O)c2ccc(O)c(O)c2O)c([2H])c1[2H]. The molecule has 3 N–H and O–H groups in total. The van der Waals surface area contributed by atoms with E-state index in [0.29, 0.717) is 0 Å². The van der Waals surface area contributed by atoms with Crippen molar-refractivity contribution in [2.75, 3.05) is 0 Å². The van der Waals surface area contributed by atoms with Gasteiger partial charge in [-0.05, 0) is 12.1 Å². The first-order chi connectivity index (χ1) is 10.2. The monoisotopic (exact) mass is 235 g/mol. The van der Waals surface area contributed by atoms with Gasteiger partial charge in [0.05, 0.1) is 12.4 Å². The number of carbonyl (C=O) groups excluding carboxylic acids is 1. The molecule has 0 amide bonds. The summed E-state index contributed by atoms with van der Waals surface area (Å²) in [6.07, 6.45) is 0. The molecule has 0 aromatic heterocycles. The molecule has 4 heteroatoms. The summed E-state index contributed by atoms with van der Waals surface area (Å²) >= 11 is 0. The highest BCUT2D eigenvalue weighted by atomic mass is 16.3. The van der Waals surface area contributed by atoms with E-state index in [1.807, 2.05) is 0 Å². The molecule has 2 aromatic rings. The van der Waals surface area contributed by atoms with Crippen LogP contribution in [0.2, 0.25) is 0 Å². The average Bonchev–Trinajstić information content (AvgIpc) is 2.49. The Labute approximate surface area is 104 Å². The Balaban J connectivity index is 2.73. The van der Waals surface area contributed by atoms with Gasteiger partial charge in [-0.1, -0.05) is 30.2 Å². The van der Waals surface area contributed by atoms with Gasteiger partial charge in [-0.15, -0.1) is 0 Å². The summed E-state index contributed by atoms with van der Waals surface area (Å²) in [6.45, 7) is 0. The van der Waals surface area contributed by atoms with Crippen LogP contribution in [-0.4, -0.2) is 21.1 Å². The van der Waals surface area contributed by atoms with Crippen LogP contribution in [0.3, 0.4) is 0 Å². The molecular weight excluding hydrogens is 220 g/mol. The van der Waals surface area contributed by atoms with Gasteiger partial charge in [0.1, 0.15) is 0 Å². The van der Waals surface area contributed by atoms with Crippen LogP contribution in [0.5, 0.6) is 17.2 Å². The Kier molecular flexibility index (Phi) is 1.55. The van der Waals surface area contributed by atoms with Crippen molar-refractivity contribution >= 4 is 5.78 Å². The summed E-state index contributed by atoms with van der Waals surface area (Å²) in [5.74, 6) is -3.59. The Morgan fingerprint density at radius 3 is 2.29 bits per heavy atom. The largest absolute Gasteiger partial charge is 0.504 e. The second-order valence-corrected chi connectivity index (χ2v) is 3.16. The number of phenols is 3. The standard InChI is InChI=1S/C13H10O4/c14-10-7-6-9(12(16)13(10)17)11(15)8-4-2-1-3-5-8/h1-7,14,16-17H/i1D,2D,3D,4D,5D. The summed E-state index contributed by atoms with van der Waals surface area (Å²) in [5.41, 5.74) is -1.12. The van der Waals surface area contributed by atoms with Crippen molar-refractivity contribution in [2.24, 2.45) is 0 Å². The lowest BCUT2D eigenvalue weighted by atomic mass is 10.0. The quantitative estimate of drug-likeness (QED) is 0.549. The minimum atomic E-state index is -1.06. The van der Waals surface area contributed by atoms with E-state index in [-0.39, 0.29) is 0 Å². The normalized spacial score (nSPS) is 14.2. The number of rotatable bonds is 2. The van der Waals surface area contributed by atoms with Crippen molar-refractivity contribution < 1.29 is 27.0 Å². The zero-order valence-electron chi connectivity index (χ0n) is 13.4. The third-order valence-corrected chi connectivity index (χ3v) is 2.10. The third kappa shape index (κ3) is 1.92. The molecule has 0 aliphatic rings. The lowest BCUT2D eigenvalue weighted by molar-refractivity contribution is 0.103. The van der Waals surface area contributed by atoms with Gasteiger partial charge in [0, 0.05) is 5.56 Å². The van der Waals surface area contributed by atoms with Crippen LogP contribution in [0.1, 0.15) is 22.8 Å². The minimum Gasteiger partial charge on any atom is -0.504 e. The maximum absolute atomic E-state index is 12.4. The van der Waals surface area contributed by atoms with Gasteiger partial charge in [0.15, 0.2) is 17.3 Å². The molecule has 0 fully saturated rings. The van der Waals surface area contributed by atoms with Gasteiger partial charge >= 0.3 is 0 Å². The molecule has 0 aliphatic carbocycles. The first-order valence-electron chi connectivity index (χ1n) is 7.04. The lowest BCUT2D eigenvalue weighted by Crippen LogP contribution is -2.01. The van der Waals surface area contributed by atoms with Crippen LogP contribution in [0, 0.1) is 0 Å². The fourth-order valence-electron chi connectivity index (χ4n) is 1.25. The molecule has 2 rings (SSSR count). The predicted octanol–water partition coefficient (Wildman–Crippen LogP) is 2.03. The van der Waals surface area contributed by atoms with Crippen LogP contribution >= 0.6 is 0 Å². The molecule has 0 aliphatic heterocycles. The van der Waals surface area contributed by atoms with Crippen molar-refractivity contribution in [1.82, 2.24) is 0 Å². The summed E-state index contributed by atoms with van der Waals surface area (Å²) in [7, 11) is 0. The Morgan fingerprint density at radius 1 is 1.00 bits per heavy atom. The summed E-state index contributed by atoms with van der Waals surface area (Å²) in [5, 5.41) is 28.4. The summed E-state index contributed by atoms with van der Waals surface area (Å²) in [4.78, 5) is 12.4. The van der Waals surface area contributed by atoms with Crippen molar-refractivity contribution in [3.8, 4) is 17.2 Å². The Morgan fingerprint density at radius 2 is 1.65 bits per heavy atom. The second-order valence-electron chi connectivity index (χ2n) is 3.16. The van der Waals surface area contributed by atoms with Gasteiger partial charge in [0.2, 0.25) is 5.75 Å². The van der Waals surface area contributed by atoms with E-state index in [1.54, 1.807) is 0 Å². The van der Waals surface area contributed by atoms with Crippen molar-refractivity contribution in [2.45, 2.75) is 0 Å². The fourth-order valence-corrected chi connectivity index (χ4v) is 1.25. The molecule has 0 saturated carbocycles. The molecule has 0 heterocycles. The smallest absolute Gasteiger partial charge is 0.201 e. The molecule has 0 bridgehead atoms. The second kappa shape index (κ2) is 4.17. The highest BCUT2D eigenvalue weighted by Crippen LogP contribution is 2.37. The number of hydrogen-bond acceptors (Lipinski definition) is 4. The molecule has 4 nitrogen and oxygen atoms in total. The molecule has 86 valence electrons. The van der Waals surface area contributed by atoms with Gasteiger partial charge < -0.3 is 15.3 Å². The minimum absolute atomic E-state index is 0.492. The maximum atomic E-state index is 12.4. The number of hydrogen-bond donors (Lipinski definition) is 3. The van der Waals surface area contributed by atoms with Crippen molar-refractivity contribution in [3.05, 3.63) is 53.5 Å². The highest BCUT2D eigenvalue weighted by Gasteiger charge is 2.18. The number of phenolic OH excluding ortho intramolecular Hbond substituents is 3. The van der Waals surface area contributed by atoms with E-state index in [0.717, 1.165) is 12.1 Å². The van der Waals surface area contributed by atoms with Gasteiger partial charge in [-0.2, -0.15) is 0 Å². The molecule has 0 unspecified atom stereocenters. The first kappa shape index (κ1) is 6.30. The van der Waals surface area contributed by atoms with Gasteiger partial charge in [-0.3, -0.25) is 4.79 Å². The molecule has 0 spiro atoms. The van der Waals surface area contributed by atoms with Crippen molar-refractivity contribution in [3.63, 3.8) is 0 Å². The fraction of sp³-hybridized carbons (Fsp3) is 0. The third-order valence-electron chi connectivity index (χ3n) is 2.10. The van der Waals surface area contributed by atoms with Crippen LogP contribution in [-0.2, 0) is 0 Å². The lowest BCUT2D eigenvalue weighted by Gasteiger charge is -2.06. The molecule has 0 saturated heterocycles. The van der Waals surface area contributed by atoms with E-state index in [9.17, 15) is 20.1 Å². The van der Waals surface area contributed by atoms with E-state index in [2.05, 4.69) is 0 Å². The van der Waals surface area contributed by atoms with E-state index in [1.165, 1.54) is 0 Å². The Bertz CT molecular complexity index is 775. The molecular formula is C13H10O4. The van der Waals surface area contributed by atoms with Crippen molar-refractivity contribution in [1.29, 1.82) is 0 Å². The van der Waals surface area contributed by atoms with E-state index < -0.39 is 64.4 Å². The highest BCUT2D eigenvalue weighted by molar-refractivity contribution is 6.11. The number of benzene rings is 2. The average molecular weight is 235 g/mol. The summed E-state index contributed by atoms with van der Waals surface area (Å²) in [6, 6.07) is -1.54. The first-order valence-corrected chi connectivity index (χ1v) is 4.54. The van der Waals surface area contributed by atoms with Gasteiger partial charge in [0.25, 0.3) is 0 Å². The van der Waals surface area contributed by atoms with E-state index in [4.69, 9.17) is 6.85 Å². The Hall–Kier alpha value is -2.49. The number of ketones is 1. The molecule has 0 atom stereocenters. The predicted molar refractivity (Wildman–Crippen MR) is 61.3 cm³/mol. The maximum Gasteiger partial charge on any atom is 0.201 e. The zero-order valence-corrected chi connectivity index (χ0v) is 8.40. The van der Waals surface area contributed by atoms with Crippen LogP contribution in [0.4, 0.5) is 0 Å². The van der Waals surface area contributed by atoms with Crippen LogP contribution in [0.15, 0.2) is 42.3 Å². The topological polar surface area (TPSA) is 77.8 Å².